The van der Waals surface area contributed by atoms with Crippen molar-refractivity contribution in [2.75, 3.05) is 5.75 Å². The number of hydrogen-bond acceptors (Lipinski definition) is 3. The van der Waals surface area contributed by atoms with Crippen LogP contribution in [0.1, 0.15) is 63.0 Å². The SMILES string of the molecule is CC[C@H](C(=O)NC1CCCCC1)N(Cc1ccc(Cl)c(Cl)c1)C(=O)CCSCc1ccccc1. The molecule has 2 aromatic carbocycles. The van der Waals surface area contributed by atoms with Gasteiger partial charge in [-0.25, -0.2) is 0 Å². The standard InChI is InChI=1S/C27H34Cl2N2O2S/c1-2-25(27(33)30-22-11-7-4-8-12-22)31(18-21-13-14-23(28)24(29)17-21)26(32)15-16-34-19-20-9-5-3-6-10-20/h3,5-6,9-10,13-14,17,22,25H,2,4,7-8,11-12,15-16,18-19H2,1H3,(H,30,33)/t25-/m1/s1. The highest BCUT2D eigenvalue weighted by molar-refractivity contribution is 7.98. The van der Waals surface area contributed by atoms with E-state index in [1.807, 2.05) is 31.2 Å². The Morgan fingerprint density at radius 3 is 2.44 bits per heavy atom. The van der Waals surface area contributed by atoms with Crippen LogP contribution in [0.3, 0.4) is 0 Å². The molecule has 1 fully saturated rings. The summed E-state index contributed by atoms with van der Waals surface area (Å²) in [6.07, 6.45) is 6.48. The number of carbonyl (C=O) groups excluding carboxylic acids is 2. The fourth-order valence-electron chi connectivity index (χ4n) is 4.37. The molecule has 2 aromatic rings. The van der Waals surface area contributed by atoms with Crippen LogP contribution in [-0.2, 0) is 21.9 Å². The van der Waals surface area contributed by atoms with Crippen molar-refractivity contribution in [3.8, 4) is 0 Å². The van der Waals surface area contributed by atoms with Gasteiger partial charge in [0.15, 0.2) is 0 Å². The lowest BCUT2D eigenvalue weighted by molar-refractivity contribution is -0.141. The molecule has 0 aliphatic heterocycles. The lowest BCUT2D eigenvalue weighted by atomic mass is 9.95. The van der Waals surface area contributed by atoms with E-state index in [0.29, 0.717) is 35.2 Å². The van der Waals surface area contributed by atoms with Crippen LogP contribution in [0.25, 0.3) is 0 Å². The van der Waals surface area contributed by atoms with Gasteiger partial charge in [0.05, 0.1) is 10.0 Å². The third kappa shape index (κ3) is 8.21. The maximum absolute atomic E-state index is 13.4. The average molecular weight is 522 g/mol. The molecule has 184 valence electrons. The molecule has 7 heteroatoms. The third-order valence-corrected chi connectivity index (χ3v) is 8.02. The summed E-state index contributed by atoms with van der Waals surface area (Å²) in [5, 5.41) is 4.14. The highest BCUT2D eigenvalue weighted by atomic mass is 35.5. The van der Waals surface area contributed by atoms with E-state index >= 15 is 0 Å². The molecule has 2 amide bonds. The van der Waals surface area contributed by atoms with E-state index in [9.17, 15) is 9.59 Å². The van der Waals surface area contributed by atoms with Crippen molar-refractivity contribution in [3.05, 3.63) is 69.7 Å². The Kier molecular flexibility index (Phi) is 11.1. The molecular formula is C27H34Cl2N2O2S. The molecule has 0 unspecified atom stereocenters. The summed E-state index contributed by atoms with van der Waals surface area (Å²) in [5.74, 6) is 1.49. The zero-order chi connectivity index (χ0) is 24.3. The van der Waals surface area contributed by atoms with E-state index in [0.717, 1.165) is 37.0 Å². The fourth-order valence-corrected chi connectivity index (χ4v) is 5.58. The van der Waals surface area contributed by atoms with Crippen LogP contribution in [0, 0.1) is 0 Å². The molecular weight excluding hydrogens is 487 g/mol. The van der Waals surface area contributed by atoms with Crippen molar-refractivity contribution >= 4 is 46.8 Å². The van der Waals surface area contributed by atoms with Crippen molar-refractivity contribution in [2.45, 2.75) is 76.3 Å². The van der Waals surface area contributed by atoms with E-state index in [2.05, 4.69) is 17.4 Å². The summed E-state index contributed by atoms with van der Waals surface area (Å²) in [5.41, 5.74) is 2.11. The van der Waals surface area contributed by atoms with Gasteiger partial charge >= 0.3 is 0 Å². The molecule has 0 spiro atoms. The molecule has 1 aliphatic carbocycles. The van der Waals surface area contributed by atoms with Gasteiger partial charge in [-0.3, -0.25) is 9.59 Å². The Labute approximate surface area is 217 Å². The fraction of sp³-hybridized carbons (Fsp3) is 0.481. The van der Waals surface area contributed by atoms with Crippen molar-refractivity contribution < 1.29 is 9.59 Å². The summed E-state index contributed by atoms with van der Waals surface area (Å²) in [4.78, 5) is 28.4. The molecule has 4 nitrogen and oxygen atoms in total. The number of nitrogens with zero attached hydrogens (tertiary/aromatic N) is 1. The number of nitrogens with one attached hydrogen (secondary N) is 1. The highest BCUT2D eigenvalue weighted by Crippen LogP contribution is 2.25. The topological polar surface area (TPSA) is 49.4 Å². The molecule has 0 saturated heterocycles. The van der Waals surface area contributed by atoms with Crippen LogP contribution in [0.2, 0.25) is 10.0 Å². The molecule has 0 heterocycles. The summed E-state index contributed by atoms with van der Waals surface area (Å²) < 4.78 is 0. The van der Waals surface area contributed by atoms with Crippen LogP contribution in [0.15, 0.2) is 48.5 Å². The number of carbonyl (C=O) groups is 2. The highest BCUT2D eigenvalue weighted by Gasteiger charge is 2.30. The predicted octanol–water partition coefficient (Wildman–Crippen LogP) is 6.87. The Balaban J connectivity index is 1.67. The molecule has 0 aromatic heterocycles. The number of thioether (sulfide) groups is 1. The molecule has 3 rings (SSSR count). The van der Waals surface area contributed by atoms with Gasteiger partial charge in [-0.2, -0.15) is 11.8 Å². The van der Waals surface area contributed by atoms with Gasteiger partial charge < -0.3 is 10.2 Å². The minimum Gasteiger partial charge on any atom is -0.352 e. The van der Waals surface area contributed by atoms with Crippen LogP contribution in [0.4, 0.5) is 0 Å². The quantitative estimate of drug-likeness (QED) is 0.328. The van der Waals surface area contributed by atoms with Crippen LogP contribution >= 0.6 is 35.0 Å². The first-order valence-corrected chi connectivity index (χ1v) is 14.0. The Morgan fingerprint density at radius 1 is 1.03 bits per heavy atom. The number of hydrogen-bond donors (Lipinski definition) is 1. The molecule has 0 radical (unpaired) electrons. The second-order valence-electron chi connectivity index (χ2n) is 8.83. The van der Waals surface area contributed by atoms with E-state index in [1.54, 1.807) is 28.8 Å². The van der Waals surface area contributed by atoms with E-state index in [-0.39, 0.29) is 17.9 Å². The molecule has 0 bridgehead atoms. The van der Waals surface area contributed by atoms with E-state index < -0.39 is 6.04 Å². The maximum Gasteiger partial charge on any atom is 0.243 e. The van der Waals surface area contributed by atoms with Crippen LogP contribution in [-0.4, -0.2) is 34.6 Å². The number of amides is 2. The van der Waals surface area contributed by atoms with Crippen molar-refractivity contribution in [1.82, 2.24) is 10.2 Å². The van der Waals surface area contributed by atoms with Crippen LogP contribution in [0.5, 0.6) is 0 Å². The summed E-state index contributed by atoms with van der Waals surface area (Å²) in [6.45, 7) is 2.29. The average Bonchev–Trinajstić information content (AvgIpc) is 2.85. The molecule has 1 N–H and O–H groups in total. The summed E-state index contributed by atoms with van der Waals surface area (Å²) in [7, 11) is 0. The van der Waals surface area contributed by atoms with Crippen molar-refractivity contribution in [1.29, 1.82) is 0 Å². The molecule has 1 saturated carbocycles. The second kappa shape index (κ2) is 14.0. The van der Waals surface area contributed by atoms with Gasteiger partial charge in [0.25, 0.3) is 0 Å². The minimum atomic E-state index is -0.511. The van der Waals surface area contributed by atoms with Gasteiger partial charge in [-0.1, -0.05) is 85.8 Å². The van der Waals surface area contributed by atoms with Gasteiger partial charge in [-0.05, 0) is 42.5 Å². The third-order valence-electron chi connectivity index (χ3n) is 6.25. The Bertz CT molecular complexity index is 935. The van der Waals surface area contributed by atoms with Gasteiger partial charge in [-0.15, -0.1) is 0 Å². The number of benzene rings is 2. The molecule has 1 atom stereocenters. The van der Waals surface area contributed by atoms with Gasteiger partial charge in [0.2, 0.25) is 11.8 Å². The van der Waals surface area contributed by atoms with Crippen molar-refractivity contribution in [3.63, 3.8) is 0 Å². The smallest absolute Gasteiger partial charge is 0.243 e. The first kappa shape index (κ1) is 26.9. The zero-order valence-electron chi connectivity index (χ0n) is 19.8. The van der Waals surface area contributed by atoms with E-state index in [4.69, 9.17) is 23.2 Å². The van der Waals surface area contributed by atoms with Crippen LogP contribution < -0.4 is 5.32 Å². The lowest BCUT2D eigenvalue weighted by Crippen LogP contribution is -2.51. The lowest BCUT2D eigenvalue weighted by Gasteiger charge is -2.33. The minimum absolute atomic E-state index is 0.0164. The predicted molar refractivity (Wildman–Crippen MR) is 143 cm³/mol. The second-order valence-corrected chi connectivity index (χ2v) is 10.7. The number of rotatable bonds is 11. The summed E-state index contributed by atoms with van der Waals surface area (Å²) in [6, 6.07) is 15.3. The molecule has 34 heavy (non-hydrogen) atoms. The Morgan fingerprint density at radius 2 is 1.76 bits per heavy atom. The maximum atomic E-state index is 13.4. The van der Waals surface area contributed by atoms with Gasteiger partial charge in [0.1, 0.15) is 6.04 Å². The zero-order valence-corrected chi connectivity index (χ0v) is 22.1. The first-order chi connectivity index (χ1) is 16.5. The normalized spacial score (nSPS) is 15.0. The molecule has 1 aliphatic rings. The summed E-state index contributed by atoms with van der Waals surface area (Å²) >= 11 is 14.0. The van der Waals surface area contributed by atoms with Gasteiger partial charge in [0, 0.05) is 30.5 Å². The first-order valence-electron chi connectivity index (χ1n) is 12.1. The largest absolute Gasteiger partial charge is 0.352 e. The Hall–Kier alpha value is -1.69. The number of halogens is 2. The monoisotopic (exact) mass is 520 g/mol. The van der Waals surface area contributed by atoms with Crippen molar-refractivity contribution in [2.24, 2.45) is 0 Å². The van der Waals surface area contributed by atoms with E-state index in [1.165, 1.54) is 12.0 Å².